The van der Waals surface area contributed by atoms with Gasteiger partial charge in [-0.3, -0.25) is 4.90 Å². The van der Waals surface area contributed by atoms with Crippen LogP contribution in [-0.4, -0.2) is 31.1 Å². The van der Waals surface area contributed by atoms with E-state index < -0.39 is 0 Å². The number of hydrogen-bond donors (Lipinski definition) is 1. The zero-order chi connectivity index (χ0) is 14.0. The average Bonchev–Trinajstić information content (AvgIpc) is 2.32. The van der Waals surface area contributed by atoms with Crippen LogP contribution in [0.5, 0.6) is 0 Å². The number of aryl methyl sites for hydroxylation is 1. The van der Waals surface area contributed by atoms with E-state index in [1.807, 2.05) is 0 Å². The predicted molar refractivity (Wildman–Crippen MR) is 85.5 cm³/mol. The molecule has 1 aromatic rings. The molecule has 0 amide bonds. The summed E-state index contributed by atoms with van der Waals surface area (Å²) in [4.78, 5) is 2.62. The SMILES string of the molecule is Cc1ccc([C@@H](N2CCNCC2)C(C)(C)C)c(Br)c1. The zero-order valence-corrected chi connectivity index (χ0v) is 14.0. The lowest BCUT2D eigenvalue weighted by Gasteiger charge is -2.43. The Morgan fingerprint density at radius 2 is 1.84 bits per heavy atom. The van der Waals surface area contributed by atoms with Crippen molar-refractivity contribution in [2.45, 2.75) is 33.7 Å². The predicted octanol–water partition coefficient (Wildman–Crippen LogP) is 3.75. The molecular weight excluding hydrogens is 300 g/mol. The molecule has 1 aliphatic rings. The van der Waals surface area contributed by atoms with E-state index >= 15 is 0 Å². The Hall–Kier alpha value is -0.380. The minimum absolute atomic E-state index is 0.231. The van der Waals surface area contributed by atoms with Gasteiger partial charge in [0.25, 0.3) is 0 Å². The lowest BCUT2D eigenvalue weighted by atomic mass is 9.80. The lowest BCUT2D eigenvalue weighted by molar-refractivity contribution is 0.0857. The zero-order valence-electron chi connectivity index (χ0n) is 12.5. The molecule has 1 N–H and O–H groups in total. The van der Waals surface area contributed by atoms with Crippen molar-refractivity contribution in [3.63, 3.8) is 0 Å². The van der Waals surface area contributed by atoms with Crippen LogP contribution in [0.25, 0.3) is 0 Å². The summed E-state index contributed by atoms with van der Waals surface area (Å²) in [5.41, 5.74) is 2.96. The van der Waals surface area contributed by atoms with Crippen LogP contribution in [0.3, 0.4) is 0 Å². The molecule has 0 bridgehead atoms. The third-order valence-electron chi connectivity index (χ3n) is 3.79. The van der Waals surface area contributed by atoms with Crippen LogP contribution < -0.4 is 5.32 Å². The van der Waals surface area contributed by atoms with Crippen LogP contribution in [0.2, 0.25) is 0 Å². The van der Waals surface area contributed by atoms with Crippen molar-refractivity contribution in [3.05, 3.63) is 33.8 Å². The van der Waals surface area contributed by atoms with Crippen molar-refractivity contribution in [3.8, 4) is 0 Å². The van der Waals surface area contributed by atoms with Crippen molar-refractivity contribution in [1.82, 2.24) is 10.2 Å². The molecule has 1 fully saturated rings. The number of nitrogens with zero attached hydrogens (tertiary/aromatic N) is 1. The van der Waals surface area contributed by atoms with Gasteiger partial charge in [0.05, 0.1) is 0 Å². The first kappa shape index (κ1) is 15.0. The molecule has 0 unspecified atom stereocenters. The molecule has 1 atom stereocenters. The molecule has 1 aliphatic heterocycles. The van der Waals surface area contributed by atoms with Gasteiger partial charge >= 0.3 is 0 Å². The van der Waals surface area contributed by atoms with E-state index in [-0.39, 0.29) is 5.41 Å². The van der Waals surface area contributed by atoms with Gasteiger partial charge in [-0.2, -0.15) is 0 Å². The van der Waals surface area contributed by atoms with Gasteiger partial charge in [0, 0.05) is 36.7 Å². The van der Waals surface area contributed by atoms with Gasteiger partial charge in [0.15, 0.2) is 0 Å². The average molecular weight is 325 g/mol. The topological polar surface area (TPSA) is 15.3 Å². The van der Waals surface area contributed by atoms with Gasteiger partial charge in [-0.1, -0.05) is 48.8 Å². The molecule has 3 heteroatoms. The minimum atomic E-state index is 0.231. The lowest BCUT2D eigenvalue weighted by Crippen LogP contribution is -2.48. The Morgan fingerprint density at radius 3 is 2.37 bits per heavy atom. The van der Waals surface area contributed by atoms with Crippen LogP contribution in [0.15, 0.2) is 22.7 Å². The summed E-state index contributed by atoms with van der Waals surface area (Å²) in [6.45, 7) is 13.6. The Morgan fingerprint density at radius 1 is 1.21 bits per heavy atom. The first-order chi connectivity index (χ1) is 8.89. The molecule has 19 heavy (non-hydrogen) atoms. The molecule has 1 saturated heterocycles. The fraction of sp³-hybridized carbons (Fsp3) is 0.625. The molecule has 0 radical (unpaired) electrons. The fourth-order valence-corrected chi connectivity index (χ4v) is 3.72. The number of nitrogens with one attached hydrogen (secondary N) is 1. The molecular formula is C16H25BrN2. The van der Waals surface area contributed by atoms with E-state index in [9.17, 15) is 0 Å². The van der Waals surface area contributed by atoms with E-state index in [0.29, 0.717) is 6.04 Å². The van der Waals surface area contributed by atoms with Crippen LogP contribution >= 0.6 is 15.9 Å². The highest BCUT2D eigenvalue weighted by Crippen LogP contribution is 2.41. The Labute approximate surface area is 125 Å². The summed E-state index contributed by atoms with van der Waals surface area (Å²) in [5, 5.41) is 3.44. The van der Waals surface area contributed by atoms with E-state index in [4.69, 9.17) is 0 Å². The van der Waals surface area contributed by atoms with Gasteiger partial charge < -0.3 is 5.32 Å². The quantitative estimate of drug-likeness (QED) is 0.891. The molecule has 1 aromatic carbocycles. The molecule has 0 saturated carbocycles. The maximum absolute atomic E-state index is 3.76. The standard InChI is InChI=1S/C16H25BrN2/c1-12-5-6-13(14(17)11-12)15(16(2,3)4)19-9-7-18-8-10-19/h5-6,11,15,18H,7-10H2,1-4H3/t15-/m1/s1. The molecule has 106 valence electrons. The fourth-order valence-electron chi connectivity index (χ4n) is 3.01. The van der Waals surface area contributed by atoms with Crippen molar-refractivity contribution in [2.24, 2.45) is 5.41 Å². The Bertz CT molecular complexity index is 431. The first-order valence-corrected chi connectivity index (χ1v) is 7.90. The summed E-state index contributed by atoms with van der Waals surface area (Å²) < 4.78 is 1.24. The summed E-state index contributed by atoms with van der Waals surface area (Å²) >= 11 is 3.76. The van der Waals surface area contributed by atoms with Crippen LogP contribution in [-0.2, 0) is 0 Å². The highest BCUT2D eigenvalue weighted by molar-refractivity contribution is 9.10. The summed E-state index contributed by atoms with van der Waals surface area (Å²) in [7, 11) is 0. The van der Waals surface area contributed by atoms with Crippen molar-refractivity contribution in [2.75, 3.05) is 26.2 Å². The smallest absolute Gasteiger partial charge is 0.0408 e. The van der Waals surface area contributed by atoms with Crippen LogP contribution in [0, 0.1) is 12.3 Å². The second kappa shape index (κ2) is 5.94. The molecule has 1 heterocycles. The summed E-state index contributed by atoms with van der Waals surface area (Å²) in [5.74, 6) is 0. The van der Waals surface area contributed by atoms with Gasteiger partial charge in [0.1, 0.15) is 0 Å². The number of halogens is 1. The summed E-state index contributed by atoms with van der Waals surface area (Å²) in [6.07, 6.45) is 0. The van der Waals surface area contributed by atoms with Crippen LogP contribution in [0.4, 0.5) is 0 Å². The minimum Gasteiger partial charge on any atom is -0.314 e. The number of piperazine rings is 1. The maximum Gasteiger partial charge on any atom is 0.0408 e. The highest BCUT2D eigenvalue weighted by Gasteiger charge is 2.33. The second-order valence-electron chi connectivity index (χ2n) is 6.58. The second-order valence-corrected chi connectivity index (χ2v) is 7.43. The Balaban J connectivity index is 2.36. The molecule has 0 aliphatic carbocycles. The van der Waals surface area contributed by atoms with E-state index in [1.165, 1.54) is 15.6 Å². The largest absolute Gasteiger partial charge is 0.314 e. The molecule has 2 nitrogen and oxygen atoms in total. The summed E-state index contributed by atoms with van der Waals surface area (Å²) in [6, 6.07) is 7.21. The molecule has 0 aromatic heterocycles. The monoisotopic (exact) mass is 324 g/mol. The Kier molecular flexibility index (Phi) is 4.70. The number of rotatable bonds is 2. The van der Waals surface area contributed by atoms with Crippen molar-refractivity contribution >= 4 is 15.9 Å². The van der Waals surface area contributed by atoms with E-state index in [2.05, 4.69) is 72.0 Å². The van der Waals surface area contributed by atoms with Crippen LogP contribution in [0.1, 0.15) is 37.9 Å². The van der Waals surface area contributed by atoms with Gasteiger partial charge in [-0.05, 0) is 29.5 Å². The van der Waals surface area contributed by atoms with E-state index in [0.717, 1.165) is 26.2 Å². The van der Waals surface area contributed by atoms with Gasteiger partial charge in [-0.15, -0.1) is 0 Å². The van der Waals surface area contributed by atoms with E-state index in [1.54, 1.807) is 0 Å². The van der Waals surface area contributed by atoms with Gasteiger partial charge in [-0.25, -0.2) is 0 Å². The third kappa shape index (κ3) is 3.59. The number of benzene rings is 1. The maximum atomic E-state index is 3.76. The highest BCUT2D eigenvalue weighted by atomic mass is 79.9. The normalized spacial score (nSPS) is 19.4. The third-order valence-corrected chi connectivity index (χ3v) is 4.47. The van der Waals surface area contributed by atoms with Crippen molar-refractivity contribution in [1.29, 1.82) is 0 Å². The first-order valence-electron chi connectivity index (χ1n) is 7.10. The molecule has 2 rings (SSSR count). The number of hydrogen-bond acceptors (Lipinski definition) is 2. The molecule has 0 spiro atoms. The van der Waals surface area contributed by atoms with Crippen molar-refractivity contribution < 1.29 is 0 Å². The van der Waals surface area contributed by atoms with Gasteiger partial charge in [0.2, 0.25) is 0 Å².